The van der Waals surface area contributed by atoms with E-state index in [4.69, 9.17) is 4.74 Å². The van der Waals surface area contributed by atoms with Crippen LogP contribution in [0.1, 0.15) is 49.7 Å². The standard InChI is InChI=1S/C24H28FN5O6S/c1-5-12-26-23(31)22-16(4)24(29(27-22)18-9-7-8-17(25)13-18)36-20-11-10-19(30(32)33)14-21(20)37(34,35)28-15(3)6-2/h7-11,13-15,28H,5-6,12H2,1-4H3,(H,26,31). The van der Waals surface area contributed by atoms with E-state index in [0.29, 0.717) is 19.4 Å². The van der Waals surface area contributed by atoms with Gasteiger partial charge in [0.1, 0.15) is 16.5 Å². The van der Waals surface area contributed by atoms with Gasteiger partial charge in [-0.3, -0.25) is 14.9 Å². The predicted octanol–water partition coefficient (Wildman–Crippen LogP) is 4.24. The highest BCUT2D eigenvalue weighted by Crippen LogP contribution is 2.36. The molecule has 11 nitrogen and oxygen atoms in total. The van der Waals surface area contributed by atoms with Crippen molar-refractivity contribution in [1.82, 2.24) is 19.8 Å². The van der Waals surface area contributed by atoms with Gasteiger partial charge >= 0.3 is 0 Å². The zero-order chi connectivity index (χ0) is 27.3. The molecule has 0 spiro atoms. The van der Waals surface area contributed by atoms with Crippen LogP contribution in [0.2, 0.25) is 0 Å². The molecule has 1 atom stereocenters. The van der Waals surface area contributed by atoms with Gasteiger partial charge in [0.05, 0.1) is 10.6 Å². The minimum atomic E-state index is -4.25. The van der Waals surface area contributed by atoms with Crippen LogP contribution in [0.15, 0.2) is 47.4 Å². The van der Waals surface area contributed by atoms with E-state index in [2.05, 4.69) is 15.1 Å². The largest absolute Gasteiger partial charge is 0.437 e. The first-order valence-corrected chi connectivity index (χ1v) is 13.1. The normalized spacial score (nSPS) is 12.2. The van der Waals surface area contributed by atoms with Crippen molar-refractivity contribution < 1.29 is 27.3 Å². The molecule has 2 N–H and O–H groups in total. The number of halogens is 1. The summed E-state index contributed by atoms with van der Waals surface area (Å²) >= 11 is 0. The summed E-state index contributed by atoms with van der Waals surface area (Å²) in [6.45, 7) is 7.27. The van der Waals surface area contributed by atoms with Crippen molar-refractivity contribution in [2.45, 2.75) is 51.5 Å². The maximum Gasteiger partial charge on any atom is 0.272 e. The van der Waals surface area contributed by atoms with Gasteiger partial charge in [0.25, 0.3) is 11.6 Å². The van der Waals surface area contributed by atoms with Crippen molar-refractivity contribution in [1.29, 1.82) is 0 Å². The molecule has 0 aliphatic rings. The van der Waals surface area contributed by atoms with E-state index in [-0.39, 0.29) is 28.6 Å². The molecule has 0 saturated heterocycles. The molecular formula is C24H28FN5O6S. The SMILES string of the molecule is CCCNC(=O)c1nn(-c2cccc(F)c2)c(Oc2ccc([N+](=O)[O-])cc2S(=O)(=O)NC(C)CC)c1C. The Morgan fingerprint density at radius 1 is 1.24 bits per heavy atom. The van der Waals surface area contributed by atoms with Gasteiger partial charge in [-0.1, -0.05) is 19.9 Å². The van der Waals surface area contributed by atoms with E-state index in [1.807, 2.05) is 6.92 Å². The van der Waals surface area contributed by atoms with Gasteiger partial charge in [-0.15, -0.1) is 0 Å². The van der Waals surface area contributed by atoms with Crippen LogP contribution in [-0.2, 0) is 10.0 Å². The number of nitrogens with one attached hydrogen (secondary N) is 2. The Hall–Kier alpha value is -3.84. The summed E-state index contributed by atoms with van der Waals surface area (Å²) in [5.74, 6) is -1.34. The monoisotopic (exact) mass is 533 g/mol. The van der Waals surface area contributed by atoms with E-state index in [1.165, 1.54) is 28.9 Å². The summed E-state index contributed by atoms with van der Waals surface area (Å²) in [6.07, 6.45) is 1.16. The van der Waals surface area contributed by atoms with Crippen molar-refractivity contribution in [2.75, 3.05) is 6.54 Å². The number of carbonyl (C=O) groups is 1. The van der Waals surface area contributed by atoms with Gasteiger partial charge in [0.2, 0.25) is 15.9 Å². The Morgan fingerprint density at radius 3 is 2.59 bits per heavy atom. The third-order valence-corrected chi connectivity index (χ3v) is 7.09. The number of amides is 1. The maximum absolute atomic E-state index is 14.0. The second-order valence-corrected chi connectivity index (χ2v) is 10.0. The molecule has 3 aromatic rings. The Bertz CT molecular complexity index is 1420. The molecule has 1 unspecified atom stereocenters. The number of aromatic nitrogens is 2. The van der Waals surface area contributed by atoms with Crippen molar-refractivity contribution in [2.24, 2.45) is 0 Å². The average Bonchev–Trinajstić information content (AvgIpc) is 3.18. The van der Waals surface area contributed by atoms with Gasteiger partial charge < -0.3 is 10.1 Å². The van der Waals surface area contributed by atoms with Crippen molar-refractivity contribution in [3.05, 3.63) is 69.7 Å². The van der Waals surface area contributed by atoms with E-state index in [0.717, 1.165) is 18.2 Å². The molecule has 0 bridgehead atoms. The molecule has 1 heterocycles. The number of nitro benzene ring substituents is 1. The minimum absolute atomic E-state index is 0.00300. The lowest BCUT2D eigenvalue weighted by Crippen LogP contribution is -2.32. The fourth-order valence-corrected chi connectivity index (χ4v) is 4.82. The minimum Gasteiger partial charge on any atom is -0.437 e. The molecular weight excluding hydrogens is 505 g/mol. The smallest absolute Gasteiger partial charge is 0.272 e. The van der Waals surface area contributed by atoms with Gasteiger partial charge in [-0.2, -0.15) is 9.78 Å². The highest BCUT2D eigenvalue weighted by atomic mass is 32.2. The zero-order valence-electron chi connectivity index (χ0n) is 20.8. The predicted molar refractivity (Wildman–Crippen MR) is 134 cm³/mol. The summed E-state index contributed by atoms with van der Waals surface area (Å²) in [7, 11) is -4.25. The van der Waals surface area contributed by atoms with Crippen LogP contribution in [0.3, 0.4) is 0 Å². The molecule has 1 aromatic heterocycles. The quantitative estimate of drug-likeness (QED) is 0.277. The Morgan fingerprint density at radius 2 is 1.97 bits per heavy atom. The molecule has 3 rings (SSSR count). The summed E-state index contributed by atoms with van der Waals surface area (Å²) in [4.78, 5) is 22.9. The molecule has 0 radical (unpaired) electrons. The van der Waals surface area contributed by atoms with Crippen LogP contribution < -0.4 is 14.8 Å². The van der Waals surface area contributed by atoms with Crippen molar-refractivity contribution in [3.63, 3.8) is 0 Å². The molecule has 0 fully saturated rings. The Kier molecular flexibility index (Phi) is 8.61. The number of nitro groups is 1. The first-order chi connectivity index (χ1) is 17.5. The fraction of sp³-hybridized carbons (Fsp3) is 0.333. The third-order valence-electron chi connectivity index (χ3n) is 5.47. The Labute approximate surface area is 213 Å². The van der Waals surface area contributed by atoms with Crippen LogP contribution in [0.4, 0.5) is 10.1 Å². The molecule has 1 amide bonds. The van der Waals surface area contributed by atoms with E-state index < -0.39 is 43.3 Å². The number of non-ortho nitro benzene ring substituents is 1. The average molecular weight is 534 g/mol. The van der Waals surface area contributed by atoms with Crippen LogP contribution in [0, 0.1) is 22.9 Å². The number of rotatable bonds is 11. The lowest BCUT2D eigenvalue weighted by molar-refractivity contribution is -0.385. The number of nitrogens with zero attached hydrogens (tertiary/aromatic N) is 3. The molecule has 13 heteroatoms. The third kappa shape index (κ3) is 6.30. The summed E-state index contributed by atoms with van der Waals surface area (Å²) < 4.78 is 50.0. The van der Waals surface area contributed by atoms with Gasteiger partial charge in [0.15, 0.2) is 5.69 Å². The van der Waals surface area contributed by atoms with Crippen molar-refractivity contribution >= 4 is 21.6 Å². The summed E-state index contributed by atoms with van der Waals surface area (Å²) in [6, 6.07) is 8.08. The molecule has 0 aliphatic carbocycles. The molecule has 0 saturated carbocycles. The van der Waals surface area contributed by atoms with Crippen LogP contribution in [0.5, 0.6) is 11.6 Å². The fourth-order valence-electron chi connectivity index (χ4n) is 3.34. The van der Waals surface area contributed by atoms with E-state index >= 15 is 0 Å². The van der Waals surface area contributed by atoms with E-state index in [1.54, 1.807) is 20.8 Å². The summed E-state index contributed by atoms with van der Waals surface area (Å²) in [5.41, 5.74) is 0.0229. The number of ether oxygens (including phenoxy) is 1. The summed E-state index contributed by atoms with van der Waals surface area (Å²) in [5, 5.41) is 18.4. The number of carbonyl (C=O) groups excluding carboxylic acids is 1. The second kappa shape index (κ2) is 11.5. The first kappa shape index (κ1) is 27.7. The van der Waals surface area contributed by atoms with E-state index in [9.17, 15) is 27.7 Å². The molecule has 37 heavy (non-hydrogen) atoms. The zero-order valence-corrected chi connectivity index (χ0v) is 21.6. The topological polar surface area (TPSA) is 145 Å². The molecule has 2 aromatic carbocycles. The maximum atomic E-state index is 14.0. The number of sulfonamides is 1. The molecule has 0 aliphatic heterocycles. The highest BCUT2D eigenvalue weighted by Gasteiger charge is 2.28. The van der Waals surface area contributed by atoms with Gasteiger partial charge in [-0.25, -0.2) is 17.5 Å². The van der Waals surface area contributed by atoms with Crippen LogP contribution >= 0.6 is 0 Å². The highest BCUT2D eigenvalue weighted by molar-refractivity contribution is 7.89. The number of hydrogen-bond donors (Lipinski definition) is 2. The first-order valence-electron chi connectivity index (χ1n) is 11.6. The van der Waals surface area contributed by atoms with Crippen LogP contribution in [-0.4, -0.2) is 41.6 Å². The second-order valence-electron chi connectivity index (χ2n) is 8.35. The van der Waals surface area contributed by atoms with Crippen LogP contribution in [0.25, 0.3) is 5.69 Å². The lowest BCUT2D eigenvalue weighted by atomic mass is 10.2. The van der Waals surface area contributed by atoms with Crippen molar-refractivity contribution in [3.8, 4) is 17.3 Å². The Balaban J connectivity index is 2.20. The molecule has 198 valence electrons. The lowest BCUT2D eigenvalue weighted by Gasteiger charge is -2.16. The number of hydrogen-bond acceptors (Lipinski definition) is 7. The van der Waals surface area contributed by atoms with Gasteiger partial charge in [-0.05, 0) is 51.0 Å². The van der Waals surface area contributed by atoms with Gasteiger partial charge in [0, 0.05) is 30.3 Å². The number of benzene rings is 2.